The third-order valence-electron chi connectivity index (χ3n) is 5.19. The van der Waals surface area contributed by atoms with Crippen LogP contribution in [0, 0.1) is 0 Å². The Morgan fingerprint density at radius 3 is 2.81 bits per heavy atom. The summed E-state index contributed by atoms with van der Waals surface area (Å²) in [5.74, 6) is 1.66. The standard InChI is InChI=1S/C20H17NO5S/c22-18-8-9-20(13-4-2-1-3-5-13)21(18)15(11-27-20)19(23)26-14-6-7-16-17(10-14)25-12-24-16/h1-7,10,15H,8-9,11-12H2/t15-,20-/m0/s1. The fraction of sp³-hybridized carbons (Fsp3) is 0.300. The molecule has 0 saturated carbocycles. The first kappa shape index (κ1) is 16.5. The number of hydrogen-bond donors (Lipinski definition) is 0. The van der Waals surface area contributed by atoms with Crippen molar-refractivity contribution in [3.8, 4) is 17.2 Å². The zero-order valence-electron chi connectivity index (χ0n) is 14.4. The van der Waals surface area contributed by atoms with Crippen LogP contribution in [0.1, 0.15) is 18.4 Å². The fourth-order valence-corrected chi connectivity index (χ4v) is 5.58. The second-order valence-corrected chi connectivity index (χ2v) is 7.97. The molecule has 0 N–H and O–H groups in total. The monoisotopic (exact) mass is 383 g/mol. The van der Waals surface area contributed by atoms with E-state index in [0.29, 0.717) is 35.8 Å². The Morgan fingerprint density at radius 2 is 1.96 bits per heavy atom. The molecule has 0 aromatic heterocycles. The molecule has 1 amide bonds. The van der Waals surface area contributed by atoms with Crippen molar-refractivity contribution in [2.24, 2.45) is 0 Å². The van der Waals surface area contributed by atoms with Crippen LogP contribution >= 0.6 is 11.8 Å². The Labute approximate surface area is 160 Å². The molecule has 3 heterocycles. The average molecular weight is 383 g/mol. The van der Waals surface area contributed by atoms with Gasteiger partial charge in [0.1, 0.15) is 16.7 Å². The largest absolute Gasteiger partial charge is 0.454 e. The van der Waals surface area contributed by atoms with Gasteiger partial charge in [0.15, 0.2) is 11.5 Å². The number of carbonyl (C=O) groups is 2. The number of carbonyl (C=O) groups excluding carboxylic acids is 2. The Bertz CT molecular complexity index is 918. The molecular formula is C20H17NO5S. The van der Waals surface area contributed by atoms with E-state index in [4.69, 9.17) is 14.2 Å². The van der Waals surface area contributed by atoms with Gasteiger partial charge in [-0.05, 0) is 24.1 Å². The van der Waals surface area contributed by atoms with Crippen molar-refractivity contribution in [3.05, 3.63) is 54.1 Å². The molecule has 138 valence electrons. The molecule has 3 aliphatic rings. The molecule has 0 radical (unpaired) electrons. The quantitative estimate of drug-likeness (QED) is 0.600. The zero-order valence-corrected chi connectivity index (χ0v) is 15.2. The summed E-state index contributed by atoms with van der Waals surface area (Å²) in [5, 5.41) is 0. The van der Waals surface area contributed by atoms with Gasteiger partial charge in [0.05, 0.1) is 0 Å². The number of thioether (sulfide) groups is 1. The van der Waals surface area contributed by atoms with Crippen molar-refractivity contribution in [2.75, 3.05) is 12.5 Å². The lowest BCUT2D eigenvalue weighted by atomic mass is 10.0. The third-order valence-corrected chi connectivity index (χ3v) is 6.78. The molecule has 2 aromatic carbocycles. The van der Waals surface area contributed by atoms with Gasteiger partial charge >= 0.3 is 5.97 Å². The predicted molar refractivity (Wildman–Crippen MR) is 98.6 cm³/mol. The van der Waals surface area contributed by atoms with Crippen LogP contribution in [0.4, 0.5) is 0 Å². The van der Waals surface area contributed by atoms with Gasteiger partial charge in [-0.15, -0.1) is 11.8 Å². The molecule has 5 rings (SSSR count). The molecule has 27 heavy (non-hydrogen) atoms. The second kappa shape index (κ2) is 6.20. The molecule has 7 heteroatoms. The van der Waals surface area contributed by atoms with Crippen molar-refractivity contribution in [1.82, 2.24) is 4.90 Å². The van der Waals surface area contributed by atoms with E-state index in [2.05, 4.69) is 0 Å². The lowest BCUT2D eigenvalue weighted by Crippen LogP contribution is -2.47. The molecule has 0 unspecified atom stereocenters. The normalized spacial score (nSPS) is 25.6. The van der Waals surface area contributed by atoms with Crippen LogP contribution in [0.15, 0.2) is 48.5 Å². The Morgan fingerprint density at radius 1 is 1.15 bits per heavy atom. The Balaban J connectivity index is 1.41. The number of rotatable bonds is 3. The van der Waals surface area contributed by atoms with Crippen molar-refractivity contribution in [2.45, 2.75) is 23.8 Å². The Hall–Kier alpha value is -2.67. The first-order chi connectivity index (χ1) is 13.2. The van der Waals surface area contributed by atoms with Gasteiger partial charge in [0.25, 0.3) is 0 Å². The van der Waals surface area contributed by atoms with E-state index < -0.39 is 16.9 Å². The summed E-state index contributed by atoms with van der Waals surface area (Å²) in [6.07, 6.45) is 1.14. The number of hydrogen-bond acceptors (Lipinski definition) is 6. The van der Waals surface area contributed by atoms with Gasteiger partial charge in [0.2, 0.25) is 12.7 Å². The summed E-state index contributed by atoms with van der Waals surface area (Å²) in [5.41, 5.74) is 1.05. The van der Waals surface area contributed by atoms with E-state index in [1.165, 1.54) is 0 Å². The Kier molecular flexibility index (Phi) is 3.79. The highest BCUT2D eigenvalue weighted by Gasteiger charge is 2.57. The summed E-state index contributed by atoms with van der Waals surface area (Å²) in [6, 6.07) is 14.3. The van der Waals surface area contributed by atoms with Crippen LogP contribution in [0.2, 0.25) is 0 Å². The van der Waals surface area contributed by atoms with Crippen LogP contribution in [-0.4, -0.2) is 35.4 Å². The number of esters is 1. The van der Waals surface area contributed by atoms with E-state index >= 15 is 0 Å². The maximum atomic E-state index is 12.9. The average Bonchev–Trinajstić information content (AvgIpc) is 3.38. The molecule has 3 aliphatic heterocycles. The molecule has 0 bridgehead atoms. The summed E-state index contributed by atoms with van der Waals surface area (Å²) < 4.78 is 16.2. The van der Waals surface area contributed by atoms with E-state index in [1.54, 1.807) is 34.9 Å². The highest BCUT2D eigenvalue weighted by molar-refractivity contribution is 8.00. The SMILES string of the molecule is O=C(Oc1ccc2c(c1)OCO2)[C@@H]1CS[C@]2(c3ccccc3)CCC(=O)N12. The lowest BCUT2D eigenvalue weighted by Gasteiger charge is -2.33. The number of amides is 1. The van der Waals surface area contributed by atoms with Crippen LogP contribution in [0.5, 0.6) is 17.2 Å². The minimum atomic E-state index is -0.601. The summed E-state index contributed by atoms with van der Waals surface area (Å²) in [7, 11) is 0. The molecule has 6 nitrogen and oxygen atoms in total. The van der Waals surface area contributed by atoms with Gasteiger partial charge in [-0.1, -0.05) is 30.3 Å². The minimum Gasteiger partial charge on any atom is -0.454 e. The summed E-state index contributed by atoms with van der Waals surface area (Å²) in [4.78, 5) is 26.7. The lowest BCUT2D eigenvalue weighted by molar-refractivity contribution is -0.146. The van der Waals surface area contributed by atoms with E-state index in [-0.39, 0.29) is 12.7 Å². The minimum absolute atomic E-state index is 0.00325. The molecular weight excluding hydrogens is 366 g/mol. The number of ether oxygens (including phenoxy) is 3. The highest BCUT2D eigenvalue weighted by Crippen LogP contribution is 2.54. The third kappa shape index (κ3) is 2.56. The maximum absolute atomic E-state index is 12.9. The van der Waals surface area contributed by atoms with E-state index in [1.807, 2.05) is 30.3 Å². The van der Waals surface area contributed by atoms with Gasteiger partial charge in [-0.3, -0.25) is 4.79 Å². The smallest absolute Gasteiger partial charge is 0.335 e. The van der Waals surface area contributed by atoms with Crippen LogP contribution in [0.25, 0.3) is 0 Å². The van der Waals surface area contributed by atoms with Crippen molar-refractivity contribution in [1.29, 1.82) is 0 Å². The van der Waals surface area contributed by atoms with Gasteiger partial charge < -0.3 is 19.1 Å². The number of nitrogens with zero attached hydrogens (tertiary/aromatic N) is 1. The van der Waals surface area contributed by atoms with Gasteiger partial charge in [-0.25, -0.2) is 4.79 Å². The fourth-order valence-electron chi connectivity index (χ4n) is 3.94. The topological polar surface area (TPSA) is 65.1 Å². The molecule has 2 saturated heterocycles. The zero-order chi connectivity index (χ0) is 18.4. The van der Waals surface area contributed by atoms with Crippen LogP contribution in [-0.2, 0) is 14.5 Å². The van der Waals surface area contributed by atoms with Crippen LogP contribution in [0.3, 0.4) is 0 Å². The molecule has 0 aliphatic carbocycles. The second-order valence-electron chi connectivity index (χ2n) is 6.68. The van der Waals surface area contributed by atoms with Crippen molar-refractivity contribution in [3.63, 3.8) is 0 Å². The number of fused-ring (bicyclic) bond motifs is 2. The van der Waals surface area contributed by atoms with Crippen molar-refractivity contribution >= 4 is 23.6 Å². The summed E-state index contributed by atoms with van der Waals surface area (Å²) >= 11 is 1.64. The first-order valence-corrected chi connectivity index (χ1v) is 9.79. The first-order valence-electron chi connectivity index (χ1n) is 8.80. The molecule has 2 fully saturated rings. The van der Waals surface area contributed by atoms with Crippen LogP contribution < -0.4 is 14.2 Å². The van der Waals surface area contributed by atoms with E-state index in [0.717, 1.165) is 5.56 Å². The predicted octanol–water partition coefficient (Wildman–Crippen LogP) is 2.91. The van der Waals surface area contributed by atoms with Gasteiger partial charge in [0, 0.05) is 18.2 Å². The maximum Gasteiger partial charge on any atom is 0.335 e. The van der Waals surface area contributed by atoms with Crippen molar-refractivity contribution < 1.29 is 23.8 Å². The number of benzene rings is 2. The molecule has 2 aromatic rings. The molecule has 0 spiro atoms. The highest BCUT2D eigenvalue weighted by atomic mass is 32.2. The van der Waals surface area contributed by atoms with Gasteiger partial charge in [-0.2, -0.15) is 0 Å². The summed E-state index contributed by atoms with van der Waals surface area (Å²) in [6.45, 7) is 0.161. The molecule has 2 atom stereocenters. The van der Waals surface area contributed by atoms with E-state index in [9.17, 15) is 9.59 Å².